The van der Waals surface area contributed by atoms with Crippen molar-refractivity contribution in [3.63, 3.8) is 0 Å². The molecule has 0 atom stereocenters. The van der Waals surface area contributed by atoms with Crippen LogP contribution in [0.25, 0.3) is 10.4 Å². The average molecular weight is 351 g/mol. The van der Waals surface area contributed by atoms with Gasteiger partial charge in [0.2, 0.25) is 0 Å². The van der Waals surface area contributed by atoms with E-state index in [1.807, 2.05) is 25.1 Å². The van der Waals surface area contributed by atoms with Gasteiger partial charge in [-0.3, -0.25) is 0 Å². The summed E-state index contributed by atoms with van der Waals surface area (Å²) in [6, 6.07) is 3.96. The largest absolute Gasteiger partial charge is 0.369 e. The van der Waals surface area contributed by atoms with Crippen molar-refractivity contribution in [3.05, 3.63) is 29.5 Å². The Labute approximate surface area is 145 Å². The van der Waals surface area contributed by atoms with Crippen molar-refractivity contribution in [2.24, 2.45) is 0 Å². The predicted octanol–water partition coefficient (Wildman–Crippen LogP) is 4.97. The van der Waals surface area contributed by atoms with E-state index in [4.69, 9.17) is 0 Å². The van der Waals surface area contributed by atoms with E-state index in [-0.39, 0.29) is 5.56 Å². The molecule has 6 heteroatoms. The lowest BCUT2D eigenvalue weighted by atomic mass is 9.94. The Hall–Kier alpha value is -1.69. The molecule has 130 valence electrons. The van der Waals surface area contributed by atoms with Crippen LogP contribution in [0.15, 0.2) is 18.3 Å². The Balaban J connectivity index is 2.12. The number of halogens is 2. The summed E-state index contributed by atoms with van der Waals surface area (Å²) in [4.78, 5) is 9.27. The molecular formula is C18H23F2N3S. The standard InChI is InChI=1S/C18H23F2N3S/c1-11(2)23-7-5-6-12-8-13(14(17(19)20)9-15(12)23)16-10-21-18(24-16)22(3)4/h8-11,17H,5-7H2,1-4H3. The second-order valence-corrected chi connectivity index (χ2v) is 7.67. The minimum absolute atomic E-state index is 0.107. The lowest BCUT2D eigenvalue weighted by Crippen LogP contribution is -2.35. The molecule has 0 spiro atoms. The molecule has 0 unspecified atom stereocenters. The van der Waals surface area contributed by atoms with Gasteiger partial charge in [0.05, 0.1) is 4.88 Å². The molecule has 0 bridgehead atoms. The van der Waals surface area contributed by atoms with E-state index in [9.17, 15) is 8.78 Å². The van der Waals surface area contributed by atoms with Crippen molar-refractivity contribution in [1.29, 1.82) is 0 Å². The number of rotatable bonds is 4. The monoisotopic (exact) mass is 351 g/mol. The highest BCUT2D eigenvalue weighted by atomic mass is 32.1. The zero-order valence-electron chi connectivity index (χ0n) is 14.5. The summed E-state index contributed by atoms with van der Waals surface area (Å²) in [5.74, 6) is 0. The molecular weight excluding hydrogens is 328 g/mol. The number of aromatic nitrogens is 1. The quantitative estimate of drug-likeness (QED) is 0.775. The molecule has 2 aromatic rings. The van der Waals surface area contributed by atoms with Gasteiger partial charge in [0.15, 0.2) is 5.13 Å². The number of hydrogen-bond donors (Lipinski definition) is 0. The number of fused-ring (bicyclic) bond motifs is 1. The van der Waals surface area contributed by atoms with Crippen molar-refractivity contribution >= 4 is 22.2 Å². The van der Waals surface area contributed by atoms with Crippen molar-refractivity contribution in [2.75, 3.05) is 30.4 Å². The number of benzene rings is 1. The van der Waals surface area contributed by atoms with E-state index < -0.39 is 6.43 Å². The minimum atomic E-state index is -2.49. The molecule has 0 N–H and O–H groups in total. The van der Waals surface area contributed by atoms with Crippen molar-refractivity contribution < 1.29 is 8.78 Å². The Bertz CT molecular complexity index is 725. The van der Waals surface area contributed by atoms with Crippen LogP contribution >= 0.6 is 11.3 Å². The van der Waals surface area contributed by atoms with Crippen LogP contribution < -0.4 is 9.80 Å². The molecule has 0 radical (unpaired) electrons. The van der Waals surface area contributed by atoms with Gasteiger partial charge < -0.3 is 9.80 Å². The molecule has 1 aromatic heterocycles. The third-order valence-corrected chi connectivity index (χ3v) is 5.60. The van der Waals surface area contributed by atoms with Crippen LogP contribution in [0.1, 0.15) is 37.8 Å². The normalized spacial score (nSPS) is 14.4. The number of thiazole rings is 1. The summed E-state index contributed by atoms with van der Waals surface area (Å²) in [5.41, 5.74) is 2.86. The van der Waals surface area contributed by atoms with Crippen molar-refractivity contribution in [2.45, 2.75) is 39.2 Å². The van der Waals surface area contributed by atoms with Crippen LogP contribution in [0.2, 0.25) is 0 Å². The van der Waals surface area contributed by atoms with Gasteiger partial charge in [0.1, 0.15) is 0 Å². The van der Waals surface area contributed by atoms with Crippen LogP contribution in [0.3, 0.4) is 0 Å². The molecule has 0 aliphatic carbocycles. The summed E-state index contributed by atoms with van der Waals surface area (Å²) in [5, 5.41) is 0.826. The topological polar surface area (TPSA) is 19.4 Å². The molecule has 1 aliphatic heterocycles. The van der Waals surface area contributed by atoms with Crippen LogP contribution in [0.4, 0.5) is 19.6 Å². The molecule has 3 nitrogen and oxygen atoms in total. The Morgan fingerprint density at radius 3 is 2.58 bits per heavy atom. The fourth-order valence-electron chi connectivity index (χ4n) is 3.20. The molecule has 2 heterocycles. The van der Waals surface area contributed by atoms with Gasteiger partial charge in [-0.1, -0.05) is 11.3 Å². The number of anilines is 2. The van der Waals surface area contributed by atoms with Crippen molar-refractivity contribution in [1.82, 2.24) is 4.98 Å². The summed E-state index contributed by atoms with van der Waals surface area (Å²) in [6.45, 7) is 5.15. The maximum absolute atomic E-state index is 13.7. The zero-order valence-corrected chi connectivity index (χ0v) is 15.3. The van der Waals surface area contributed by atoms with Gasteiger partial charge in [-0.05, 0) is 44.4 Å². The van der Waals surface area contributed by atoms with Crippen LogP contribution in [-0.4, -0.2) is 31.7 Å². The summed E-state index contributed by atoms with van der Waals surface area (Å²) >= 11 is 1.45. The smallest absolute Gasteiger partial charge is 0.264 e. The Morgan fingerprint density at radius 2 is 2.00 bits per heavy atom. The van der Waals surface area contributed by atoms with E-state index in [1.54, 1.807) is 12.3 Å². The second kappa shape index (κ2) is 6.67. The van der Waals surface area contributed by atoms with Crippen LogP contribution in [0, 0.1) is 0 Å². The first-order valence-electron chi connectivity index (χ1n) is 8.23. The van der Waals surface area contributed by atoms with E-state index in [2.05, 4.69) is 23.7 Å². The Kier molecular flexibility index (Phi) is 4.76. The third-order valence-electron chi connectivity index (χ3n) is 4.41. The highest BCUT2D eigenvalue weighted by molar-refractivity contribution is 7.18. The Morgan fingerprint density at radius 1 is 1.25 bits per heavy atom. The van der Waals surface area contributed by atoms with E-state index in [0.29, 0.717) is 11.6 Å². The lowest BCUT2D eigenvalue weighted by molar-refractivity contribution is 0.152. The molecule has 0 fully saturated rings. The molecule has 1 aromatic carbocycles. The molecule has 24 heavy (non-hydrogen) atoms. The van der Waals surface area contributed by atoms with Gasteiger partial charge in [0.25, 0.3) is 6.43 Å². The summed E-state index contributed by atoms with van der Waals surface area (Å²) < 4.78 is 27.5. The highest BCUT2D eigenvalue weighted by Gasteiger charge is 2.25. The molecule has 1 aliphatic rings. The van der Waals surface area contributed by atoms with Gasteiger partial charge in [-0.25, -0.2) is 13.8 Å². The second-order valence-electron chi connectivity index (χ2n) is 6.66. The van der Waals surface area contributed by atoms with Gasteiger partial charge >= 0.3 is 0 Å². The fraction of sp³-hybridized carbons (Fsp3) is 0.500. The average Bonchev–Trinajstić information content (AvgIpc) is 3.02. The van der Waals surface area contributed by atoms with E-state index in [0.717, 1.165) is 40.6 Å². The number of aryl methyl sites for hydroxylation is 1. The molecule has 0 saturated carbocycles. The van der Waals surface area contributed by atoms with Gasteiger partial charge in [0, 0.05) is 49.7 Å². The number of nitrogens with zero attached hydrogens (tertiary/aromatic N) is 3. The maximum Gasteiger partial charge on any atom is 0.264 e. The number of alkyl halides is 2. The van der Waals surface area contributed by atoms with Crippen LogP contribution in [0.5, 0.6) is 0 Å². The first-order valence-corrected chi connectivity index (χ1v) is 9.05. The van der Waals surface area contributed by atoms with Gasteiger partial charge in [-0.2, -0.15) is 0 Å². The summed E-state index contributed by atoms with van der Waals surface area (Å²) in [6.07, 6.45) is 1.21. The minimum Gasteiger partial charge on any atom is -0.369 e. The number of hydrogen-bond acceptors (Lipinski definition) is 4. The summed E-state index contributed by atoms with van der Waals surface area (Å²) in [7, 11) is 3.81. The van der Waals surface area contributed by atoms with Gasteiger partial charge in [-0.15, -0.1) is 0 Å². The first-order chi connectivity index (χ1) is 11.4. The van der Waals surface area contributed by atoms with E-state index in [1.165, 1.54) is 11.3 Å². The zero-order chi connectivity index (χ0) is 17.4. The predicted molar refractivity (Wildman–Crippen MR) is 97.6 cm³/mol. The highest BCUT2D eigenvalue weighted by Crippen LogP contribution is 2.41. The SMILES string of the molecule is CC(C)N1CCCc2cc(-c3cnc(N(C)C)s3)c(C(F)F)cc21. The van der Waals surface area contributed by atoms with E-state index >= 15 is 0 Å². The van der Waals surface area contributed by atoms with Crippen molar-refractivity contribution in [3.8, 4) is 10.4 Å². The molecule has 3 rings (SSSR count). The lowest BCUT2D eigenvalue weighted by Gasteiger charge is -2.35. The third kappa shape index (κ3) is 3.11. The fourth-order valence-corrected chi connectivity index (χ4v) is 4.08. The maximum atomic E-state index is 13.7. The van der Waals surface area contributed by atoms with Crippen LogP contribution in [-0.2, 0) is 6.42 Å². The first kappa shape index (κ1) is 17.1. The molecule has 0 amide bonds. The molecule has 0 saturated heterocycles.